The van der Waals surface area contributed by atoms with E-state index in [0.717, 1.165) is 24.6 Å². The minimum absolute atomic E-state index is 0.152. The molecule has 3 unspecified atom stereocenters. The van der Waals surface area contributed by atoms with E-state index in [4.69, 9.17) is 18.6 Å². The number of hydrogen-bond acceptors (Lipinski definition) is 5. The zero-order chi connectivity index (χ0) is 13.1. The summed E-state index contributed by atoms with van der Waals surface area (Å²) < 4.78 is 21.8. The lowest BCUT2D eigenvalue weighted by atomic mass is 10.5. The maximum absolute atomic E-state index is 5.74. The summed E-state index contributed by atoms with van der Waals surface area (Å²) >= 11 is 4.17. The van der Waals surface area contributed by atoms with Crippen molar-refractivity contribution < 1.29 is 18.6 Å². The van der Waals surface area contributed by atoms with E-state index in [1.54, 1.807) is 7.11 Å². The smallest absolute Gasteiger partial charge is 0.165 e. The summed E-state index contributed by atoms with van der Waals surface area (Å²) in [6, 6.07) is 1.15. The first-order valence-electron chi connectivity index (χ1n) is 6.20. The third-order valence-electron chi connectivity index (χ3n) is 2.25. The van der Waals surface area contributed by atoms with E-state index in [0.29, 0.717) is 0 Å². The third-order valence-corrected chi connectivity index (χ3v) is 3.96. The van der Waals surface area contributed by atoms with E-state index < -0.39 is 9.76 Å². The summed E-state index contributed by atoms with van der Waals surface area (Å²) in [7, 11) is 1.11. The molecule has 6 heteroatoms. The molecule has 0 aromatic rings. The van der Waals surface area contributed by atoms with Crippen LogP contribution in [0.1, 0.15) is 33.6 Å². The highest BCUT2D eigenvalue weighted by molar-refractivity contribution is 7.80. The van der Waals surface area contributed by atoms with Crippen LogP contribution in [-0.4, -0.2) is 41.5 Å². The van der Waals surface area contributed by atoms with Gasteiger partial charge in [0.15, 0.2) is 22.3 Å². The molecular weight excluding hydrogens is 256 g/mol. The number of ether oxygens (including phenoxy) is 3. The van der Waals surface area contributed by atoms with Crippen LogP contribution in [0.4, 0.5) is 0 Å². The average Bonchev–Trinajstić information content (AvgIpc) is 2.32. The van der Waals surface area contributed by atoms with Crippen molar-refractivity contribution in [2.75, 3.05) is 12.9 Å². The van der Waals surface area contributed by atoms with Crippen molar-refractivity contribution in [2.24, 2.45) is 0 Å². The van der Waals surface area contributed by atoms with Gasteiger partial charge < -0.3 is 18.6 Å². The summed E-state index contributed by atoms with van der Waals surface area (Å²) in [6.07, 6.45) is 1.24. The van der Waals surface area contributed by atoms with Crippen molar-refractivity contribution >= 4 is 22.4 Å². The van der Waals surface area contributed by atoms with Gasteiger partial charge in [-0.25, -0.2) is 0 Å². The Bertz CT molecular complexity index is 174. The van der Waals surface area contributed by atoms with Gasteiger partial charge in [0, 0.05) is 7.11 Å². The SMILES string of the molecule is CCC(O[SiH2]CCCS)OC(C)OC(C)OC. The lowest BCUT2D eigenvalue weighted by Crippen LogP contribution is -2.28. The molecule has 0 aliphatic rings. The lowest BCUT2D eigenvalue weighted by Gasteiger charge is -2.24. The van der Waals surface area contributed by atoms with E-state index in [-0.39, 0.29) is 18.9 Å². The van der Waals surface area contributed by atoms with E-state index in [9.17, 15) is 0 Å². The molecule has 0 aliphatic heterocycles. The van der Waals surface area contributed by atoms with E-state index in [2.05, 4.69) is 12.6 Å². The predicted octanol–water partition coefficient (Wildman–Crippen LogP) is 1.93. The van der Waals surface area contributed by atoms with Gasteiger partial charge >= 0.3 is 0 Å². The van der Waals surface area contributed by atoms with Gasteiger partial charge in [0.05, 0.1) is 0 Å². The molecule has 0 heterocycles. The number of hydrogen-bond donors (Lipinski definition) is 1. The van der Waals surface area contributed by atoms with Crippen LogP contribution in [0.5, 0.6) is 0 Å². The molecule has 4 nitrogen and oxygen atoms in total. The monoisotopic (exact) mass is 282 g/mol. The van der Waals surface area contributed by atoms with Gasteiger partial charge in [-0.2, -0.15) is 12.6 Å². The minimum atomic E-state index is -0.494. The van der Waals surface area contributed by atoms with Gasteiger partial charge in [0.25, 0.3) is 0 Å². The molecule has 0 N–H and O–H groups in total. The Labute approximate surface area is 113 Å². The maximum atomic E-state index is 5.74. The zero-order valence-corrected chi connectivity index (χ0v) is 13.7. The second-order valence-corrected chi connectivity index (χ2v) is 5.68. The van der Waals surface area contributed by atoms with Gasteiger partial charge in [-0.1, -0.05) is 6.92 Å². The van der Waals surface area contributed by atoms with Gasteiger partial charge in [-0.3, -0.25) is 0 Å². The molecule has 0 saturated heterocycles. The van der Waals surface area contributed by atoms with E-state index >= 15 is 0 Å². The van der Waals surface area contributed by atoms with Crippen LogP contribution in [0.15, 0.2) is 0 Å². The molecule has 0 aromatic carbocycles. The van der Waals surface area contributed by atoms with E-state index in [1.807, 2.05) is 20.8 Å². The molecule has 0 amide bonds. The predicted molar refractivity (Wildman–Crippen MR) is 75.1 cm³/mol. The molecule has 0 radical (unpaired) electrons. The number of methoxy groups -OCH3 is 1. The zero-order valence-electron chi connectivity index (χ0n) is 11.3. The fourth-order valence-electron chi connectivity index (χ4n) is 1.25. The molecule has 0 aromatic heterocycles. The molecule has 17 heavy (non-hydrogen) atoms. The average molecular weight is 282 g/mol. The van der Waals surface area contributed by atoms with Crippen molar-refractivity contribution in [1.29, 1.82) is 0 Å². The highest BCUT2D eigenvalue weighted by Gasteiger charge is 2.14. The molecule has 0 saturated carbocycles. The van der Waals surface area contributed by atoms with Crippen LogP contribution < -0.4 is 0 Å². The molecule has 0 aliphatic carbocycles. The fourth-order valence-corrected chi connectivity index (χ4v) is 3.10. The Morgan fingerprint density at radius 3 is 2.41 bits per heavy atom. The van der Waals surface area contributed by atoms with Crippen molar-refractivity contribution in [1.82, 2.24) is 0 Å². The fraction of sp³-hybridized carbons (Fsp3) is 1.00. The van der Waals surface area contributed by atoms with Crippen LogP contribution in [0, 0.1) is 0 Å². The van der Waals surface area contributed by atoms with Crippen LogP contribution in [0.3, 0.4) is 0 Å². The second-order valence-electron chi connectivity index (χ2n) is 3.78. The quantitative estimate of drug-likeness (QED) is 0.272. The highest BCUT2D eigenvalue weighted by Crippen LogP contribution is 2.08. The summed E-state index contributed by atoms with van der Waals surface area (Å²) in [4.78, 5) is 0. The van der Waals surface area contributed by atoms with Crippen molar-refractivity contribution in [3.05, 3.63) is 0 Å². The molecule has 0 rings (SSSR count). The van der Waals surface area contributed by atoms with Gasteiger partial charge in [0.1, 0.15) is 6.29 Å². The van der Waals surface area contributed by atoms with Gasteiger partial charge in [-0.15, -0.1) is 0 Å². The third kappa shape index (κ3) is 10.1. The molecule has 0 bridgehead atoms. The van der Waals surface area contributed by atoms with Crippen molar-refractivity contribution in [2.45, 2.75) is 58.5 Å². The van der Waals surface area contributed by atoms with Crippen LogP contribution in [0.25, 0.3) is 0 Å². The molecule has 0 spiro atoms. The highest BCUT2D eigenvalue weighted by atomic mass is 32.1. The van der Waals surface area contributed by atoms with Gasteiger partial charge in [0.2, 0.25) is 0 Å². The minimum Gasteiger partial charge on any atom is -0.400 e. The first kappa shape index (κ1) is 17.4. The number of thiol groups is 1. The molecular formula is C11H26O4SSi. The standard InChI is InChI=1S/C11H26O4SSi/c1-5-11(15-17-8-6-7-16)14-10(3)13-9(2)12-4/h9-11,16H,5-8,17H2,1-4H3. The Balaban J connectivity index is 3.71. The first-order chi connectivity index (χ1) is 8.13. The summed E-state index contributed by atoms with van der Waals surface area (Å²) in [5.74, 6) is 0.929. The Kier molecular flexibility index (Phi) is 11.8. The Morgan fingerprint density at radius 2 is 1.88 bits per heavy atom. The Morgan fingerprint density at radius 1 is 1.18 bits per heavy atom. The Hall–Kier alpha value is 0.407. The summed E-state index contributed by atoms with van der Waals surface area (Å²) in [5.41, 5.74) is 0. The molecule has 3 atom stereocenters. The normalized spacial score (nSPS) is 17.5. The lowest BCUT2D eigenvalue weighted by molar-refractivity contribution is -0.264. The van der Waals surface area contributed by atoms with Crippen molar-refractivity contribution in [3.63, 3.8) is 0 Å². The second kappa shape index (κ2) is 11.5. The largest absolute Gasteiger partial charge is 0.400 e. The topological polar surface area (TPSA) is 36.9 Å². The number of rotatable bonds is 11. The van der Waals surface area contributed by atoms with Crippen molar-refractivity contribution in [3.8, 4) is 0 Å². The van der Waals surface area contributed by atoms with Gasteiger partial charge in [-0.05, 0) is 38.5 Å². The summed E-state index contributed by atoms with van der Waals surface area (Å²) in [5, 5.41) is 0. The summed E-state index contributed by atoms with van der Waals surface area (Å²) in [6.45, 7) is 5.74. The first-order valence-corrected chi connectivity index (χ1v) is 8.41. The van der Waals surface area contributed by atoms with E-state index in [1.165, 1.54) is 0 Å². The van der Waals surface area contributed by atoms with Crippen LogP contribution >= 0.6 is 12.6 Å². The molecule has 0 fully saturated rings. The van der Waals surface area contributed by atoms with Crippen LogP contribution in [0.2, 0.25) is 6.04 Å². The molecule has 104 valence electrons. The van der Waals surface area contributed by atoms with Crippen LogP contribution in [-0.2, 0) is 18.6 Å². The maximum Gasteiger partial charge on any atom is 0.165 e.